The molecule has 0 radical (unpaired) electrons. The molecule has 1 aliphatic heterocycles. The monoisotopic (exact) mass is 237 g/mol. The summed E-state index contributed by atoms with van der Waals surface area (Å²) in [6.07, 6.45) is 0.759. The number of hydrogen-bond acceptors (Lipinski definition) is 4. The highest BCUT2D eigenvalue weighted by Gasteiger charge is 2.16. The van der Waals surface area contributed by atoms with Gasteiger partial charge in [0.25, 0.3) is 0 Å². The molecule has 0 saturated heterocycles. The zero-order valence-corrected chi connectivity index (χ0v) is 10.3. The zero-order valence-electron chi connectivity index (χ0n) is 10.3. The van der Waals surface area contributed by atoms with Gasteiger partial charge in [-0.2, -0.15) is 0 Å². The lowest BCUT2D eigenvalue weighted by Gasteiger charge is -2.19. The second-order valence-electron chi connectivity index (χ2n) is 4.41. The molecule has 94 valence electrons. The number of aliphatic hydroxyl groups excluding tert-OH is 1. The van der Waals surface area contributed by atoms with Crippen LogP contribution in [-0.2, 0) is 0 Å². The number of fused-ring (bicyclic) bond motifs is 1. The van der Waals surface area contributed by atoms with E-state index in [2.05, 4.69) is 19.2 Å². The fourth-order valence-corrected chi connectivity index (χ4v) is 1.98. The average Bonchev–Trinajstić information content (AvgIpc) is 2.75. The Morgan fingerprint density at radius 2 is 2.06 bits per heavy atom. The number of nitrogens with one attached hydrogen (secondary N) is 1. The van der Waals surface area contributed by atoms with Crippen LogP contribution < -0.4 is 14.8 Å². The molecular formula is C13H19NO3. The standard InChI is InChI=1S/C13H19NO3/c1-9(5-6-15)14-10(2)11-3-4-12-13(7-11)17-8-16-12/h3-4,7,9-10,14-15H,5-6,8H2,1-2H3. The Morgan fingerprint density at radius 3 is 2.82 bits per heavy atom. The minimum atomic E-state index is 0.210. The van der Waals surface area contributed by atoms with Crippen LogP contribution in [0.1, 0.15) is 31.9 Å². The van der Waals surface area contributed by atoms with Gasteiger partial charge >= 0.3 is 0 Å². The van der Waals surface area contributed by atoms with Crippen LogP contribution in [0.3, 0.4) is 0 Å². The van der Waals surface area contributed by atoms with E-state index in [0.717, 1.165) is 17.9 Å². The van der Waals surface area contributed by atoms with Crippen LogP contribution >= 0.6 is 0 Å². The molecule has 4 heteroatoms. The van der Waals surface area contributed by atoms with Crippen molar-refractivity contribution in [2.75, 3.05) is 13.4 Å². The lowest BCUT2D eigenvalue weighted by atomic mass is 10.1. The normalized spacial score (nSPS) is 16.9. The van der Waals surface area contributed by atoms with Crippen LogP contribution in [0.5, 0.6) is 11.5 Å². The summed E-state index contributed by atoms with van der Waals surface area (Å²) in [7, 11) is 0. The first-order chi connectivity index (χ1) is 8.20. The number of benzene rings is 1. The van der Waals surface area contributed by atoms with Crippen molar-refractivity contribution in [2.24, 2.45) is 0 Å². The van der Waals surface area contributed by atoms with Gasteiger partial charge in [0.15, 0.2) is 11.5 Å². The molecule has 2 atom stereocenters. The number of ether oxygens (including phenoxy) is 2. The smallest absolute Gasteiger partial charge is 0.231 e. The number of hydrogen-bond donors (Lipinski definition) is 2. The average molecular weight is 237 g/mol. The maximum atomic E-state index is 8.87. The molecule has 1 aromatic rings. The second-order valence-corrected chi connectivity index (χ2v) is 4.41. The fraction of sp³-hybridized carbons (Fsp3) is 0.538. The van der Waals surface area contributed by atoms with Gasteiger partial charge in [-0.1, -0.05) is 6.07 Å². The van der Waals surface area contributed by atoms with Crippen molar-refractivity contribution in [1.29, 1.82) is 0 Å². The molecule has 1 aromatic carbocycles. The summed E-state index contributed by atoms with van der Waals surface area (Å²) in [5.41, 5.74) is 1.17. The lowest BCUT2D eigenvalue weighted by Crippen LogP contribution is -2.29. The summed E-state index contributed by atoms with van der Waals surface area (Å²) in [6, 6.07) is 6.50. The zero-order chi connectivity index (χ0) is 12.3. The van der Waals surface area contributed by atoms with Crippen molar-refractivity contribution in [3.05, 3.63) is 23.8 Å². The van der Waals surface area contributed by atoms with Crippen LogP contribution in [0.25, 0.3) is 0 Å². The third-order valence-electron chi connectivity index (χ3n) is 2.99. The van der Waals surface area contributed by atoms with E-state index in [1.54, 1.807) is 0 Å². The third kappa shape index (κ3) is 2.90. The molecule has 2 N–H and O–H groups in total. The molecular weight excluding hydrogens is 218 g/mol. The first-order valence-electron chi connectivity index (χ1n) is 5.97. The molecule has 1 heterocycles. The van der Waals surface area contributed by atoms with Crippen molar-refractivity contribution in [1.82, 2.24) is 5.32 Å². The van der Waals surface area contributed by atoms with Crippen molar-refractivity contribution in [2.45, 2.75) is 32.4 Å². The minimum absolute atomic E-state index is 0.210. The number of aliphatic hydroxyl groups is 1. The van der Waals surface area contributed by atoms with E-state index in [1.165, 1.54) is 5.56 Å². The quantitative estimate of drug-likeness (QED) is 0.820. The lowest BCUT2D eigenvalue weighted by molar-refractivity contribution is 0.174. The predicted molar refractivity (Wildman–Crippen MR) is 65.3 cm³/mol. The van der Waals surface area contributed by atoms with Gasteiger partial charge in [-0.25, -0.2) is 0 Å². The van der Waals surface area contributed by atoms with E-state index in [0.29, 0.717) is 12.8 Å². The molecule has 17 heavy (non-hydrogen) atoms. The van der Waals surface area contributed by atoms with E-state index in [-0.39, 0.29) is 12.6 Å². The Bertz CT molecular complexity index is 381. The second kappa shape index (κ2) is 5.38. The largest absolute Gasteiger partial charge is 0.454 e. The molecule has 2 rings (SSSR count). The molecule has 0 spiro atoms. The number of rotatable bonds is 5. The van der Waals surface area contributed by atoms with Gasteiger partial charge in [-0.05, 0) is 38.0 Å². The summed E-state index contributed by atoms with van der Waals surface area (Å²) < 4.78 is 10.6. The van der Waals surface area contributed by atoms with E-state index in [1.807, 2.05) is 18.2 Å². The predicted octanol–water partition coefficient (Wildman–Crippen LogP) is 1.84. The van der Waals surface area contributed by atoms with Crippen LogP contribution in [-0.4, -0.2) is 24.5 Å². The Morgan fingerprint density at radius 1 is 1.29 bits per heavy atom. The molecule has 0 fully saturated rings. The third-order valence-corrected chi connectivity index (χ3v) is 2.99. The molecule has 0 saturated carbocycles. The highest BCUT2D eigenvalue weighted by atomic mass is 16.7. The Kier molecular flexibility index (Phi) is 3.86. The first-order valence-corrected chi connectivity index (χ1v) is 5.97. The molecule has 4 nitrogen and oxygen atoms in total. The van der Waals surface area contributed by atoms with Gasteiger partial charge in [0.05, 0.1) is 0 Å². The maximum absolute atomic E-state index is 8.87. The molecule has 1 aliphatic rings. The van der Waals surface area contributed by atoms with Crippen molar-refractivity contribution in [3.63, 3.8) is 0 Å². The van der Waals surface area contributed by atoms with E-state index in [9.17, 15) is 0 Å². The van der Waals surface area contributed by atoms with Gasteiger partial charge in [-0.15, -0.1) is 0 Å². The van der Waals surface area contributed by atoms with Crippen molar-refractivity contribution >= 4 is 0 Å². The Balaban J connectivity index is 2.01. The first kappa shape index (κ1) is 12.2. The molecule has 2 unspecified atom stereocenters. The summed E-state index contributed by atoms with van der Waals surface area (Å²) in [5.74, 6) is 1.62. The van der Waals surface area contributed by atoms with E-state index >= 15 is 0 Å². The summed E-state index contributed by atoms with van der Waals surface area (Å²) >= 11 is 0. The van der Waals surface area contributed by atoms with Crippen LogP contribution in [0, 0.1) is 0 Å². The van der Waals surface area contributed by atoms with Gasteiger partial charge in [0.1, 0.15) is 0 Å². The summed E-state index contributed by atoms with van der Waals surface area (Å²) in [4.78, 5) is 0. The Labute approximate surface area is 102 Å². The molecule has 0 amide bonds. The van der Waals surface area contributed by atoms with E-state index < -0.39 is 0 Å². The van der Waals surface area contributed by atoms with Gasteiger partial charge in [-0.3, -0.25) is 0 Å². The topological polar surface area (TPSA) is 50.7 Å². The Hall–Kier alpha value is -1.26. The minimum Gasteiger partial charge on any atom is -0.454 e. The van der Waals surface area contributed by atoms with Gasteiger partial charge in [0.2, 0.25) is 6.79 Å². The van der Waals surface area contributed by atoms with Gasteiger partial charge < -0.3 is 19.9 Å². The van der Waals surface area contributed by atoms with Gasteiger partial charge in [0, 0.05) is 18.7 Å². The molecule has 0 bridgehead atoms. The molecule has 0 aromatic heterocycles. The molecule has 0 aliphatic carbocycles. The van der Waals surface area contributed by atoms with Crippen molar-refractivity contribution < 1.29 is 14.6 Å². The SMILES string of the molecule is CC(CCO)NC(C)c1ccc2c(c1)OCO2. The van der Waals surface area contributed by atoms with E-state index in [4.69, 9.17) is 14.6 Å². The fourth-order valence-electron chi connectivity index (χ4n) is 1.98. The highest BCUT2D eigenvalue weighted by Crippen LogP contribution is 2.34. The maximum Gasteiger partial charge on any atom is 0.231 e. The van der Waals surface area contributed by atoms with Crippen LogP contribution in [0.15, 0.2) is 18.2 Å². The summed E-state index contributed by atoms with van der Waals surface area (Å²) in [6.45, 7) is 4.69. The van der Waals surface area contributed by atoms with Crippen LogP contribution in [0.4, 0.5) is 0 Å². The summed E-state index contributed by atoms with van der Waals surface area (Å²) in [5, 5.41) is 12.3. The highest BCUT2D eigenvalue weighted by molar-refractivity contribution is 5.45. The van der Waals surface area contributed by atoms with Crippen LogP contribution in [0.2, 0.25) is 0 Å². The van der Waals surface area contributed by atoms with Crippen molar-refractivity contribution in [3.8, 4) is 11.5 Å².